The fourth-order valence-corrected chi connectivity index (χ4v) is 0.824. The predicted molar refractivity (Wildman–Crippen MR) is 52.1 cm³/mol. The van der Waals surface area contributed by atoms with Gasteiger partial charge < -0.3 is 10.5 Å². The number of nitrogens with two attached hydrogens (primary N) is 1. The second kappa shape index (κ2) is 4.96. The highest BCUT2D eigenvalue weighted by Gasteiger charge is 2.00. The molecule has 0 aliphatic heterocycles. The minimum absolute atomic E-state index is 0.0306. The van der Waals surface area contributed by atoms with Gasteiger partial charge in [-0.3, -0.25) is 0 Å². The maximum Gasteiger partial charge on any atom is 0.384 e. The number of hydrogen-bond acceptors (Lipinski definition) is 4. The average Bonchev–Trinajstić information content (AvgIpc) is 2.20. The Morgan fingerprint density at radius 2 is 2.40 bits per heavy atom. The van der Waals surface area contributed by atoms with Crippen molar-refractivity contribution >= 4 is 11.7 Å². The maximum absolute atomic E-state index is 12.7. The summed E-state index contributed by atoms with van der Waals surface area (Å²) in [4.78, 5) is 14.3. The highest BCUT2D eigenvalue weighted by molar-refractivity contribution is 5.89. The first-order valence-electron chi connectivity index (χ1n) is 4.24. The molecule has 2 N–H and O–H groups in total. The standard InChI is InChI=1S/C10H9FN2O2/c1-2-15-10(14)6-4-8-7(12)3-5-9(11)13-8/h3,5H,2,12H2,1H3. The molecule has 0 fully saturated rings. The van der Waals surface area contributed by atoms with Gasteiger partial charge in [-0.15, -0.1) is 0 Å². The van der Waals surface area contributed by atoms with E-state index in [0.29, 0.717) is 0 Å². The van der Waals surface area contributed by atoms with E-state index in [4.69, 9.17) is 5.73 Å². The molecular formula is C10H9FN2O2. The van der Waals surface area contributed by atoms with Crippen molar-refractivity contribution < 1.29 is 13.9 Å². The van der Waals surface area contributed by atoms with E-state index in [1.165, 1.54) is 6.07 Å². The summed E-state index contributed by atoms with van der Waals surface area (Å²) < 4.78 is 17.2. The molecule has 0 unspecified atom stereocenters. The summed E-state index contributed by atoms with van der Waals surface area (Å²) in [6.07, 6.45) is 0. The van der Waals surface area contributed by atoms with E-state index in [-0.39, 0.29) is 18.0 Å². The van der Waals surface area contributed by atoms with Gasteiger partial charge in [0.25, 0.3) is 0 Å². The highest BCUT2D eigenvalue weighted by Crippen LogP contribution is 2.07. The van der Waals surface area contributed by atoms with E-state index in [0.717, 1.165) is 6.07 Å². The molecule has 5 heteroatoms. The van der Waals surface area contributed by atoms with Crippen molar-refractivity contribution in [2.75, 3.05) is 12.3 Å². The second-order valence-corrected chi connectivity index (χ2v) is 2.54. The average molecular weight is 208 g/mol. The molecule has 1 aromatic rings. The Kier molecular flexibility index (Phi) is 3.63. The third-order valence-corrected chi connectivity index (χ3v) is 1.45. The van der Waals surface area contributed by atoms with Gasteiger partial charge in [0.15, 0.2) is 0 Å². The molecule has 15 heavy (non-hydrogen) atoms. The third kappa shape index (κ3) is 3.27. The van der Waals surface area contributed by atoms with Crippen LogP contribution in [0.4, 0.5) is 10.1 Å². The molecule has 0 aliphatic rings. The second-order valence-electron chi connectivity index (χ2n) is 2.54. The molecule has 4 nitrogen and oxygen atoms in total. The largest absolute Gasteiger partial charge is 0.456 e. The zero-order valence-corrected chi connectivity index (χ0v) is 8.08. The number of halogens is 1. The number of pyridine rings is 1. The van der Waals surface area contributed by atoms with Gasteiger partial charge in [-0.1, -0.05) is 0 Å². The number of nitrogens with zero attached hydrogens (tertiary/aromatic N) is 1. The molecule has 0 bridgehead atoms. The lowest BCUT2D eigenvalue weighted by molar-refractivity contribution is -0.136. The van der Waals surface area contributed by atoms with Gasteiger partial charge in [-0.05, 0) is 25.0 Å². The fourth-order valence-electron chi connectivity index (χ4n) is 0.824. The van der Waals surface area contributed by atoms with Crippen molar-refractivity contribution in [2.24, 2.45) is 0 Å². The number of esters is 1. The smallest absolute Gasteiger partial charge is 0.384 e. The van der Waals surface area contributed by atoms with Crippen LogP contribution >= 0.6 is 0 Å². The Morgan fingerprint density at radius 3 is 3.07 bits per heavy atom. The van der Waals surface area contributed by atoms with Crippen molar-refractivity contribution in [3.8, 4) is 11.8 Å². The zero-order valence-electron chi connectivity index (χ0n) is 8.08. The topological polar surface area (TPSA) is 65.2 Å². The number of rotatable bonds is 1. The van der Waals surface area contributed by atoms with Gasteiger partial charge in [0.1, 0.15) is 5.69 Å². The number of anilines is 1. The maximum atomic E-state index is 12.7. The van der Waals surface area contributed by atoms with Crippen molar-refractivity contribution in [3.63, 3.8) is 0 Å². The summed E-state index contributed by atoms with van der Waals surface area (Å²) in [5, 5.41) is 0. The number of nitrogen functional groups attached to an aromatic ring is 1. The molecule has 0 radical (unpaired) electrons. The van der Waals surface area contributed by atoms with Gasteiger partial charge in [0.2, 0.25) is 5.95 Å². The molecule has 0 spiro atoms. The van der Waals surface area contributed by atoms with Crippen LogP contribution in [0.25, 0.3) is 0 Å². The van der Waals surface area contributed by atoms with Crippen LogP contribution in [0.2, 0.25) is 0 Å². The van der Waals surface area contributed by atoms with Crippen molar-refractivity contribution in [2.45, 2.75) is 6.92 Å². The summed E-state index contributed by atoms with van der Waals surface area (Å²) in [6.45, 7) is 1.90. The Hall–Kier alpha value is -2.09. The van der Waals surface area contributed by atoms with Crippen LogP contribution in [-0.4, -0.2) is 17.6 Å². The lowest BCUT2D eigenvalue weighted by Crippen LogP contribution is -2.01. The minimum Gasteiger partial charge on any atom is -0.456 e. The van der Waals surface area contributed by atoms with Gasteiger partial charge in [0.05, 0.1) is 12.3 Å². The molecule has 0 aromatic carbocycles. The monoisotopic (exact) mass is 208 g/mol. The lowest BCUT2D eigenvalue weighted by atomic mass is 10.3. The van der Waals surface area contributed by atoms with Crippen LogP contribution < -0.4 is 5.73 Å². The first-order valence-corrected chi connectivity index (χ1v) is 4.24. The number of carbonyl (C=O) groups is 1. The first kappa shape index (κ1) is 11.0. The first-order chi connectivity index (χ1) is 7.13. The Balaban J connectivity index is 2.88. The van der Waals surface area contributed by atoms with E-state index in [1.54, 1.807) is 6.92 Å². The molecule has 1 rings (SSSR count). The van der Waals surface area contributed by atoms with Crippen molar-refractivity contribution in [1.29, 1.82) is 0 Å². The third-order valence-electron chi connectivity index (χ3n) is 1.45. The summed E-state index contributed by atoms with van der Waals surface area (Å²) >= 11 is 0. The highest BCUT2D eigenvalue weighted by atomic mass is 19.1. The van der Waals surface area contributed by atoms with Crippen LogP contribution in [0.5, 0.6) is 0 Å². The molecule has 0 amide bonds. The summed E-state index contributed by atoms with van der Waals surface area (Å²) in [5.41, 5.74) is 5.71. The van der Waals surface area contributed by atoms with Gasteiger partial charge in [-0.2, -0.15) is 4.39 Å². The van der Waals surface area contributed by atoms with Crippen LogP contribution in [0, 0.1) is 17.8 Å². The van der Waals surface area contributed by atoms with Gasteiger partial charge in [-0.25, -0.2) is 9.78 Å². The number of hydrogen-bond donors (Lipinski definition) is 1. The number of ether oxygens (including phenoxy) is 1. The van der Waals surface area contributed by atoms with Crippen LogP contribution in [0.15, 0.2) is 12.1 Å². The Labute approximate surface area is 86.3 Å². The van der Waals surface area contributed by atoms with Crippen molar-refractivity contribution in [3.05, 3.63) is 23.8 Å². The SMILES string of the molecule is CCOC(=O)C#Cc1nc(F)ccc1N. The van der Waals surface area contributed by atoms with E-state index >= 15 is 0 Å². The number of aromatic nitrogens is 1. The van der Waals surface area contributed by atoms with E-state index in [9.17, 15) is 9.18 Å². The van der Waals surface area contributed by atoms with Crippen LogP contribution in [-0.2, 0) is 9.53 Å². The van der Waals surface area contributed by atoms with Crippen LogP contribution in [0.3, 0.4) is 0 Å². The quantitative estimate of drug-likeness (QED) is 0.419. The predicted octanol–water partition coefficient (Wildman–Crippen LogP) is 0.718. The molecule has 78 valence electrons. The van der Waals surface area contributed by atoms with E-state index < -0.39 is 11.9 Å². The zero-order chi connectivity index (χ0) is 11.3. The minimum atomic E-state index is -0.697. The van der Waals surface area contributed by atoms with E-state index in [2.05, 4.69) is 21.6 Å². The summed E-state index contributed by atoms with van der Waals surface area (Å²) in [5.74, 6) is 3.10. The Bertz CT molecular complexity index is 435. The summed E-state index contributed by atoms with van der Waals surface area (Å²) in [6, 6.07) is 2.45. The van der Waals surface area contributed by atoms with Crippen molar-refractivity contribution in [1.82, 2.24) is 4.98 Å². The normalized spacial score (nSPS) is 8.93. The molecule has 0 saturated heterocycles. The molecule has 1 heterocycles. The molecular weight excluding hydrogens is 199 g/mol. The Morgan fingerprint density at radius 1 is 1.67 bits per heavy atom. The van der Waals surface area contributed by atoms with E-state index in [1.807, 2.05) is 0 Å². The lowest BCUT2D eigenvalue weighted by Gasteiger charge is -1.96. The fraction of sp³-hybridized carbons (Fsp3) is 0.200. The van der Waals surface area contributed by atoms with Gasteiger partial charge in [0, 0.05) is 5.92 Å². The summed E-state index contributed by atoms with van der Waals surface area (Å²) in [7, 11) is 0. The molecule has 0 atom stereocenters. The van der Waals surface area contributed by atoms with Gasteiger partial charge >= 0.3 is 5.97 Å². The van der Waals surface area contributed by atoms with Crippen LogP contribution in [0.1, 0.15) is 12.6 Å². The number of carbonyl (C=O) groups excluding carboxylic acids is 1. The molecule has 0 saturated carbocycles. The molecule has 0 aliphatic carbocycles. The molecule has 1 aromatic heterocycles.